The zero-order chi connectivity index (χ0) is 18.0. The van der Waals surface area contributed by atoms with Crippen molar-refractivity contribution in [3.8, 4) is 11.5 Å². The molecule has 5 heteroatoms. The molecule has 0 bridgehead atoms. The van der Waals surface area contributed by atoms with E-state index in [1.165, 1.54) is 6.21 Å². The van der Waals surface area contributed by atoms with E-state index in [0.29, 0.717) is 12.4 Å². The van der Waals surface area contributed by atoms with Gasteiger partial charge in [0.05, 0.1) is 12.4 Å². The first-order valence-electron chi connectivity index (χ1n) is 8.08. The number of phenolic OH excluding ortho intramolecular Hbond substituents is 1. The molecule has 3 aromatic carbocycles. The van der Waals surface area contributed by atoms with Gasteiger partial charge in [-0.15, -0.1) is 0 Å². The topological polar surface area (TPSA) is 63.4 Å². The summed E-state index contributed by atoms with van der Waals surface area (Å²) >= 11 is 0. The Morgan fingerprint density at radius 2 is 1.50 bits per heavy atom. The summed E-state index contributed by atoms with van der Waals surface area (Å²) in [5, 5.41) is 17.3. The zero-order valence-corrected chi connectivity index (χ0v) is 14.0. The first-order chi connectivity index (χ1) is 12.8. The minimum Gasteiger partial charge on any atom is -0.508 e. The van der Waals surface area contributed by atoms with Gasteiger partial charge in [-0.05, 0) is 41.0 Å². The smallest absolute Gasteiger partial charge is 0.158 e. The van der Waals surface area contributed by atoms with Gasteiger partial charge >= 0.3 is 0 Å². The molecule has 0 unspecified atom stereocenters. The van der Waals surface area contributed by atoms with Crippen molar-refractivity contribution in [2.24, 2.45) is 10.3 Å². The molecule has 1 N–H and O–H groups in total. The van der Waals surface area contributed by atoms with E-state index in [9.17, 15) is 5.11 Å². The van der Waals surface area contributed by atoms with Gasteiger partial charge in [0.2, 0.25) is 0 Å². The van der Waals surface area contributed by atoms with Crippen LogP contribution >= 0.6 is 0 Å². The average molecular weight is 346 g/mol. The number of oxime groups is 2. The molecule has 0 saturated heterocycles. The van der Waals surface area contributed by atoms with Crippen LogP contribution in [0, 0.1) is 0 Å². The van der Waals surface area contributed by atoms with Crippen molar-refractivity contribution in [1.29, 1.82) is 0 Å². The highest BCUT2D eigenvalue weighted by atomic mass is 16.6. The fourth-order valence-corrected chi connectivity index (χ4v) is 2.19. The Labute approximate surface area is 151 Å². The summed E-state index contributed by atoms with van der Waals surface area (Å²) in [4.78, 5) is 10.6. The van der Waals surface area contributed by atoms with Gasteiger partial charge in [-0.25, -0.2) is 0 Å². The third-order valence-electron chi connectivity index (χ3n) is 3.44. The summed E-state index contributed by atoms with van der Waals surface area (Å²) < 4.78 is 0. The lowest BCUT2D eigenvalue weighted by atomic mass is 10.2. The molecule has 0 aliphatic carbocycles. The number of hydrogen-bond acceptors (Lipinski definition) is 5. The van der Waals surface area contributed by atoms with E-state index in [1.54, 1.807) is 36.5 Å². The van der Waals surface area contributed by atoms with E-state index >= 15 is 0 Å². The van der Waals surface area contributed by atoms with Crippen molar-refractivity contribution < 1.29 is 14.8 Å². The Kier molecular flexibility index (Phi) is 5.99. The Hall–Kier alpha value is -3.60. The molecule has 0 aliphatic rings. The summed E-state index contributed by atoms with van der Waals surface area (Å²) in [5.41, 5.74) is 2.64. The maximum absolute atomic E-state index is 9.41. The van der Waals surface area contributed by atoms with Crippen LogP contribution in [-0.2, 0) is 11.4 Å². The van der Waals surface area contributed by atoms with Crippen LogP contribution in [0.1, 0.15) is 16.7 Å². The Morgan fingerprint density at radius 3 is 2.31 bits per heavy atom. The molecule has 0 fully saturated rings. The maximum Gasteiger partial charge on any atom is 0.158 e. The zero-order valence-electron chi connectivity index (χ0n) is 14.0. The van der Waals surface area contributed by atoms with Crippen molar-refractivity contribution in [2.45, 2.75) is 6.61 Å². The SMILES string of the molecule is Oc1cccc(/C=N/Oc2cccc(/C=N/OCc3ccccc3)c2)c1. The molecule has 0 aromatic heterocycles. The van der Waals surface area contributed by atoms with Gasteiger partial charge in [0, 0.05) is 0 Å². The van der Waals surface area contributed by atoms with Crippen molar-refractivity contribution in [3.63, 3.8) is 0 Å². The van der Waals surface area contributed by atoms with Gasteiger partial charge in [0.25, 0.3) is 0 Å². The Balaban J connectivity index is 1.53. The summed E-state index contributed by atoms with van der Waals surface area (Å²) in [6.45, 7) is 0.418. The summed E-state index contributed by atoms with van der Waals surface area (Å²) in [6, 6.07) is 23.9. The molecule has 0 spiro atoms. The molecule has 0 amide bonds. The number of benzene rings is 3. The van der Waals surface area contributed by atoms with Gasteiger partial charge < -0.3 is 14.8 Å². The number of aromatic hydroxyl groups is 1. The van der Waals surface area contributed by atoms with E-state index in [4.69, 9.17) is 9.68 Å². The fraction of sp³-hybridized carbons (Fsp3) is 0.0476. The van der Waals surface area contributed by atoms with Crippen LogP contribution in [0.2, 0.25) is 0 Å². The van der Waals surface area contributed by atoms with Gasteiger partial charge in [0.1, 0.15) is 12.4 Å². The third kappa shape index (κ3) is 5.49. The van der Waals surface area contributed by atoms with Crippen molar-refractivity contribution in [2.75, 3.05) is 0 Å². The lowest BCUT2D eigenvalue weighted by Gasteiger charge is -2.01. The highest BCUT2D eigenvalue weighted by molar-refractivity contribution is 5.80. The number of nitrogens with zero attached hydrogens (tertiary/aromatic N) is 2. The van der Waals surface area contributed by atoms with Crippen molar-refractivity contribution in [3.05, 3.63) is 95.6 Å². The van der Waals surface area contributed by atoms with Crippen LogP contribution in [0.25, 0.3) is 0 Å². The first-order valence-corrected chi connectivity index (χ1v) is 8.08. The molecule has 130 valence electrons. The fourth-order valence-electron chi connectivity index (χ4n) is 2.19. The lowest BCUT2D eigenvalue weighted by molar-refractivity contribution is 0.132. The van der Waals surface area contributed by atoms with E-state index in [-0.39, 0.29) is 5.75 Å². The van der Waals surface area contributed by atoms with Crippen molar-refractivity contribution in [1.82, 2.24) is 0 Å². The number of rotatable bonds is 7. The first kappa shape index (κ1) is 17.2. The molecule has 26 heavy (non-hydrogen) atoms. The van der Waals surface area contributed by atoms with Crippen LogP contribution in [-0.4, -0.2) is 17.5 Å². The Bertz CT molecular complexity index is 893. The molecular weight excluding hydrogens is 328 g/mol. The molecule has 0 heterocycles. The third-order valence-corrected chi connectivity index (χ3v) is 3.44. The number of hydrogen-bond donors (Lipinski definition) is 1. The highest BCUT2D eigenvalue weighted by Crippen LogP contribution is 2.13. The maximum atomic E-state index is 9.41. The summed E-state index contributed by atoms with van der Waals surface area (Å²) in [6.07, 6.45) is 3.15. The molecule has 3 aromatic rings. The van der Waals surface area contributed by atoms with E-state index < -0.39 is 0 Å². The second-order valence-corrected chi connectivity index (χ2v) is 5.49. The minimum absolute atomic E-state index is 0.183. The molecule has 0 saturated carbocycles. The van der Waals surface area contributed by atoms with Crippen LogP contribution in [0.4, 0.5) is 0 Å². The highest BCUT2D eigenvalue weighted by Gasteiger charge is 1.96. The molecule has 0 radical (unpaired) electrons. The Morgan fingerprint density at radius 1 is 0.769 bits per heavy atom. The minimum atomic E-state index is 0.183. The standard InChI is InChI=1S/C21H18N2O3/c24-20-10-4-8-18(12-20)15-23-26-21-11-5-9-19(13-21)14-22-25-16-17-6-2-1-3-7-17/h1-15,24H,16H2/b22-14+,23-15+. The number of phenols is 1. The second kappa shape index (κ2) is 9.03. The van der Waals surface area contributed by atoms with Crippen LogP contribution in [0.5, 0.6) is 11.5 Å². The predicted molar refractivity (Wildman–Crippen MR) is 102 cm³/mol. The molecular formula is C21H18N2O3. The lowest BCUT2D eigenvalue weighted by Crippen LogP contribution is -1.90. The molecule has 3 rings (SSSR count). The average Bonchev–Trinajstić information content (AvgIpc) is 2.67. The summed E-state index contributed by atoms with van der Waals surface area (Å²) in [7, 11) is 0. The quantitative estimate of drug-likeness (QED) is 0.511. The second-order valence-electron chi connectivity index (χ2n) is 5.49. The van der Waals surface area contributed by atoms with E-state index in [1.807, 2.05) is 48.5 Å². The van der Waals surface area contributed by atoms with Gasteiger partial charge in [-0.1, -0.05) is 64.9 Å². The van der Waals surface area contributed by atoms with Crippen LogP contribution < -0.4 is 4.84 Å². The van der Waals surface area contributed by atoms with Gasteiger partial charge in [-0.2, -0.15) is 0 Å². The van der Waals surface area contributed by atoms with E-state index in [0.717, 1.165) is 16.7 Å². The predicted octanol–water partition coefficient (Wildman–Crippen LogP) is 4.36. The molecule has 0 aliphatic heterocycles. The van der Waals surface area contributed by atoms with Gasteiger partial charge in [0.15, 0.2) is 5.75 Å². The monoisotopic (exact) mass is 346 g/mol. The molecule has 5 nitrogen and oxygen atoms in total. The summed E-state index contributed by atoms with van der Waals surface area (Å²) in [5.74, 6) is 0.760. The van der Waals surface area contributed by atoms with Crippen molar-refractivity contribution >= 4 is 12.4 Å². The van der Waals surface area contributed by atoms with Crippen LogP contribution in [0.3, 0.4) is 0 Å². The molecule has 0 atom stereocenters. The van der Waals surface area contributed by atoms with E-state index in [2.05, 4.69) is 10.3 Å². The normalized spacial score (nSPS) is 11.1. The largest absolute Gasteiger partial charge is 0.508 e. The van der Waals surface area contributed by atoms with Crippen LogP contribution in [0.15, 0.2) is 89.2 Å². The van der Waals surface area contributed by atoms with Gasteiger partial charge in [-0.3, -0.25) is 0 Å².